The van der Waals surface area contributed by atoms with Gasteiger partial charge in [0.2, 0.25) is 0 Å². The van der Waals surface area contributed by atoms with E-state index >= 15 is 0 Å². The van der Waals surface area contributed by atoms with E-state index in [1.54, 1.807) is 0 Å². The minimum Gasteiger partial charge on any atom is -0.859 e. The number of hydrogen-bond acceptors (Lipinski definition) is 2. The van der Waals surface area contributed by atoms with Crippen LogP contribution < -0.4 is 56.5 Å². The number of nitrogens with one attached hydrogen (secondary N) is 1. The second kappa shape index (κ2) is 3.62. The summed E-state index contributed by atoms with van der Waals surface area (Å²) >= 11 is 0. The van der Waals surface area contributed by atoms with Crippen LogP contribution in [0.15, 0.2) is 12.3 Å². The van der Waals surface area contributed by atoms with Gasteiger partial charge in [-0.15, -0.1) is 0 Å². The fourth-order valence-corrected chi connectivity index (χ4v) is 0.243. The first-order valence-corrected chi connectivity index (χ1v) is 1.56. The summed E-state index contributed by atoms with van der Waals surface area (Å²) < 4.78 is 0. The molecule has 1 aromatic rings. The number of H-pyrrole nitrogens is 1. The maximum Gasteiger partial charge on any atom is 1.00 e. The van der Waals surface area contributed by atoms with Crippen molar-refractivity contribution in [2.45, 2.75) is 0 Å². The van der Waals surface area contributed by atoms with E-state index in [1.165, 1.54) is 12.3 Å². The molecule has 0 aromatic carbocycles. The SMILES string of the molecule is [K+].[O-]c1ccn[nH]1. The maximum atomic E-state index is 9.95. The minimum absolute atomic E-state index is 0. The zero-order valence-electron chi connectivity index (χ0n) is 4.01. The van der Waals surface area contributed by atoms with Gasteiger partial charge in [0, 0.05) is 6.20 Å². The van der Waals surface area contributed by atoms with Crippen molar-refractivity contribution in [1.29, 1.82) is 0 Å². The van der Waals surface area contributed by atoms with Gasteiger partial charge in [-0.3, -0.25) is 5.10 Å². The zero-order valence-corrected chi connectivity index (χ0v) is 7.13. The summed E-state index contributed by atoms with van der Waals surface area (Å²) in [6.45, 7) is 0. The van der Waals surface area contributed by atoms with E-state index in [9.17, 15) is 5.11 Å². The smallest absolute Gasteiger partial charge is 0.859 e. The Morgan fingerprint density at radius 3 is 2.57 bits per heavy atom. The molecule has 1 aromatic heterocycles. The molecule has 32 valence electrons. The fraction of sp³-hybridized carbons (Fsp3) is 0. The molecule has 0 saturated carbocycles. The van der Waals surface area contributed by atoms with Crippen molar-refractivity contribution in [1.82, 2.24) is 10.2 Å². The molecule has 0 aliphatic carbocycles. The topological polar surface area (TPSA) is 51.7 Å². The number of nitrogens with zero attached hydrogens (tertiary/aromatic N) is 1. The van der Waals surface area contributed by atoms with E-state index < -0.39 is 0 Å². The van der Waals surface area contributed by atoms with Crippen LogP contribution in [0.5, 0.6) is 5.88 Å². The molecule has 0 unspecified atom stereocenters. The Morgan fingerprint density at radius 1 is 1.71 bits per heavy atom. The predicted octanol–water partition coefficient (Wildman–Crippen LogP) is -3.51. The van der Waals surface area contributed by atoms with Crippen molar-refractivity contribution in [3.63, 3.8) is 0 Å². The summed E-state index contributed by atoms with van der Waals surface area (Å²) in [6.07, 6.45) is 1.42. The Kier molecular flexibility index (Phi) is 3.96. The van der Waals surface area contributed by atoms with Crippen LogP contribution in [0.3, 0.4) is 0 Å². The van der Waals surface area contributed by atoms with Crippen molar-refractivity contribution in [2.75, 3.05) is 0 Å². The van der Waals surface area contributed by atoms with Gasteiger partial charge in [0.15, 0.2) is 0 Å². The molecule has 1 N–H and O–H groups in total. The molecule has 4 heteroatoms. The van der Waals surface area contributed by atoms with E-state index in [1.807, 2.05) is 0 Å². The molecule has 7 heavy (non-hydrogen) atoms. The monoisotopic (exact) mass is 122 g/mol. The Hall–Kier alpha value is 0.646. The third kappa shape index (κ3) is 2.45. The van der Waals surface area contributed by atoms with Crippen LogP contribution in [0.4, 0.5) is 0 Å². The molecule has 3 nitrogen and oxygen atoms in total. The van der Waals surface area contributed by atoms with Gasteiger partial charge in [0.1, 0.15) is 0 Å². The molecule has 1 rings (SSSR count). The van der Waals surface area contributed by atoms with Crippen molar-refractivity contribution in [3.8, 4) is 5.88 Å². The standard InChI is InChI=1S/C3H4N2O.K/c6-3-1-2-4-5-3;/h1-2H,(H2,4,5,6);/q;+1/p-1. The van der Waals surface area contributed by atoms with Gasteiger partial charge in [-0.05, 0) is 11.9 Å². The molecule has 0 atom stereocenters. The average molecular weight is 122 g/mol. The van der Waals surface area contributed by atoms with Gasteiger partial charge >= 0.3 is 51.4 Å². The fourth-order valence-electron chi connectivity index (χ4n) is 0.243. The molecule has 0 amide bonds. The van der Waals surface area contributed by atoms with E-state index in [0.29, 0.717) is 0 Å². The second-order valence-electron chi connectivity index (χ2n) is 0.921. The van der Waals surface area contributed by atoms with Gasteiger partial charge < -0.3 is 5.11 Å². The normalized spacial score (nSPS) is 7.43. The van der Waals surface area contributed by atoms with Crippen molar-refractivity contribution >= 4 is 0 Å². The summed E-state index contributed by atoms with van der Waals surface area (Å²) in [5.41, 5.74) is 0. The van der Waals surface area contributed by atoms with Crippen LogP contribution in [0.1, 0.15) is 0 Å². The molecule has 0 bridgehead atoms. The molecule has 0 spiro atoms. The van der Waals surface area contributed by atoms with Gasteiger partial charge in [0.05, 0.1) is 0 Å². The zero-order chi connectivity index (χ0) is 4.41. The summed E-state index contributed by atoms with van der Waals surface area (Å²) in [7, 11) is 0. The molecular weight excluding hydrogens is 119 g/mol. The van der Waals surface area contributed by atoms with Crippen LogP contribution >= 0.6 is 0 Å². The summed E-state index contributed by atoms with van der Waals surface area (Å²) in [5, 5.41) is 15.5. The predicted molar refractivity (Wildman–Crippen MR) is 18.0 cm³/mol. The summed E-state index contributed by atoms with van der Waals surface area (Å²) in [6, 6.07) is 1.36. The number of aromatic nitrogens is 2. The van der Waals surface area contributed by atoms with Crippen molar-refractivity contribution in [3.05, 3.63) is 12.3 Å². The van der Waals surface area contributed by atoms with Crippen LogP contribution in [0.25, 0.3) is 0 Å². The molecule has 1 heterocycles. The Balaban J connectivity index is 0.000000360. The second-order valence-corrected chi connectivity index (χ2v) is 0.921. The molecule has 0 aliphatic heterocycles. The third-order valence-electron chi connectivity index (χ3n) is 0.475. The van der Waals surface area contributed by atoms with E-state index in [0.717, 1.165) is 0 Å². The van der Waals surface area contributed by atoms with Crippen LogP contribution in [-0.2, 0) is 0 Å². The summed E-state index contributed by atoms with van der Waals surface area (Å²) in [4.78, 5) is 0. The van der Waals surface area contributed by atoms with Crippen LogP contribution in [-0.4, -0.2) is 10.2 Å². The van der Waals surface area contributed by atoms with Gasteiger partial charge in [-0.1, -0.05) is 0 Å². The first-order chi connectivity index (χ1) is 2.89. The van der Waals surface area contributed by atoms with Gasteiger partial charge in [-0.25, -0.2) is 0 Å². The number of rotatable bonds is 0. The molecule has 0 aliphatic rings. The number of hydrogen-bond donors (Lipinski definition) is 1. The van der Waals surface area contributed by atoms with Gasteiger partial charge in [0.25, 0.3) is 0 Å². The van der Waals surface area contributed by atoms with Crippen LogP contribution in [0, 0.1) is 0 Å². The Bertz CT molecular complexity index is 116. The minimum atomic E-state index is -0.144. The average Bonchev–Trinajstić information content (AvgIpc) is 1.86. The van der Waals surface area contributed by atoms with Crippen molar-refractivity contribution in [2.24, 2.45) is 0 Å². The van der Waals surface area contributed by atoms with E-state index in [2.05, 4.69) is 10.2 Å². The largest absolute Gasteiger partial charge is 1.00 e. The van der Waals surface area contributed by atoms with E-state index in [-0.39, 0.29) is 57.3 Å². The molecule has 0 radical (unpaired) electrons. The van der Waals surface area contributed by atoms with E-state index in [4.69, 9.17) is 0 Å². The maximum absolute atomic E-state index is 9.95. The van der Waals surface area contributed by atoms with Crippen LogP contribution in [0.2, 0.25) is 0 Å². The molecular formula is C3H3KN2O. The summed E-state index contributed by atoms with van der Waals surface area (Å²) in [5.74, 6) is -0.144. The Morgan fingerprint density at radius 2 is 2.43 bits per heavy atom. The van der Waals surface area contributed by atoms with Crippen molar-refractivity contribution < 1.29 is 56.5 Å². The molecule has 0 fully saturated rings. The first-order valence-electron chi connectivity index (χ1n) is 1.56. The third-order valence-corrected chi connectivity index (χ3v) is 0.475. The quantitative estimate of drug-likeness (QED) is 0.363. The van der Waals surface area contributed by atoms with Gasteiger partial charge in [-0.2, -0.15) is 5.10 Å². The molecule has 0 saturated heterocycles. The number of aromatic amines is 1. The first kappa shape index (κ1) is 7.65. The Labute approximate surface area is 83.5 Å².